The van der Waals surface area contributed by atoms with E-state index in [2.05, 4.69) is 22.2 Å². The lowest BCUT2D eigenvalue weighted by Gasteiger charge is -2.06. The van der Waals surface area contributed by atoms with Gasteiger partial charge in [-0.3, -0.25) is 0 Å². The highest BCUT2D eigenvalue weighted by Crippen LogP contribution is 2.27. The van der Waals surface area contributed by atoms with Gasteiger partial charge in [-0.15, -0.1) is 0 Å². The van der Waals surface area contributed by atoms with E-state index in [1.807, 2.05) is 6.07 Å². The molecule has 0 bridgehead atoms. The minimum absolute atomic E-state index is 0.319. The maximum absolute atomic E-state index is 11.4. The Bertz CT molecular complexity index is 700. The maximum atomic E-state index is 11.4. The van der Waals surface area contributed by atoms with Gasteiger partial charge in [0.25, 0.3) is 0 Å². The molecule has 1 N–H and O–H groups in total. The zero-order valence-electron chi connectivity index (χ0n) is 11.9. The Morgan fingerprint density at radius 1 is 1.19 bits per heavy atom. The zero-order valence-corrected chi connectivity index (χ0v) is 13.5. The van der Waals surface area contributed by atoms with Crippen LogP contribution in [-0.2, 0) is 9.84 Å². The highest BCUT2D eigenvalue weighted by Gasteiger charge is 2.07. The fourth-order valence-electron chi connectivity index (χ4n) is 1.62. The van der Waals surface area contributed by atoms with Crippen molar-refractivity contribution >= 4 is 27.4 Å². The largest absolute Gasteiger partial charge is 0.370 e. The molecule has 0 saturated carbocycles. The van der Waals surface area contributed by atoms with Crippen LogP contribution in [0.4, 0.5) is 5.82 Å². The highest BCUT2D eigenvalue weighted by molar-refractivity contribution is 7.99. The first-order chi connectivity index (χ1) is 9.99. The molecule has 0 aliphatic rings. The number of benzene rings is 1. The predicted molar refractivity (Wildman–Crippen MR) is 84.5 cm³/mol. The smallest absolute Gasteiger partial charge is 0.175 e. The molecule has 0 saturated heterocycles. The number of rotatable bonds is 6. The van der Waals surface area contributed by atoms with E-state index in [1.165, 1.54) is 24.3 Å². The molecule has 0 unspecified atom stereocenters. The van der Waals surface area contributed by atoms with Crippen molar-refractivity contribution in [3.8, 4) is 0 Å². The van der Waals surface area contributed by atoms with E-state index in [0.29, 0.717) is 4.90 Å². The van der Waals surface area contributed by atoms with E-state index in [9.17, 15) is 8.42 Å². The molecule has 1 heterocycles. The molecular weight excluding hydrogens is 306 g/mol. The third-order valence-corrected chi connectivity index (χ3v) is 4.74. The van der Waals surface area contributed by atoms with Crippen molar-refractivity contribution in [1.29, 1.82) is 0 Å². The number of hydrogen-bond acceptors (Lipinski definition) is 6. The van der Waals surface area contributed by atoms with Gasteiger partial charge in [0, 0.05) is 23.8 Å². The molecule has 2 aromatic rings. The number of anilines is 1. The van der Waals surface area contributed by atoms with Gasteiger partial charge in [0.2, 0.25) is 0 Å². The molecular formula is C14H17N3O2S2. The van der Waals surface area contributed by atoms with Gasteiger partial charge in [0.15, 0.2) is 9.84 Å². The van der Waals surface area contributed by atoms with E-state index in [1.54, 1.807) is 24.3 Å². The van der Waals surface area contributed by atoms with Crippen molar-refractivity contribution in [2.75, 3.05) is 18.1 Å². The quantitative estimate of drug-likeness (QED) is 0.824. The van der Waals surface area contributed by atoms with Crippen molar-refractivity contribution in [3.63, 3.8) is 0 Å². The first-order valence-corrected chi connectivity index (χ1v) is 9.23. The summed E-state index contributed by atoms with van der Waals surface area (Å²) in [6, 6.07) is 8.65. The molecule has 21 heavy (non-hydrogen) atoms. The fraction of sp³-hybridized carbons (Fsp3) is 0.286. The molecule has 0 radical (unpaired) electrons. The van der Waals surface area contributed by atoms with E-state index < -0.39 is 9.84 Å². The summed E-state index contributed by atoms with van der Waals surface area (Å²) in [7, 11) is -3.15. The molecule has 0 atom stereocenters. The topological polar surface area (TPSA) is 72.0 Å². The van der Waals surface area contributed by atoms with Crippen LogP contribution >= 0.6 is 11.8 Å². The first kappa shape index (κ1) is 15.8. The van der Waals surface area contributed by atoms with Crippen LogP contribution in [0.3, 0.4) is 0 Å². The molecule has 7 heteroatoms. The van der Waals surface area contributed by atoms with Gasteiger partial charge in [-0.2, -0.15) is 0 Å². The average molecular weight is 323 g/mol. The zero-order chi connectivity index (χ0) is 15.3. The molecule has 1 aromatic heterocycles. The lowest BCUT2D eigenvalue weighted by atomic mass is 10.4. The van der Waals surface area contributed by atoms with Gasteiger partial charge < -0.3 is 5.32 Å². The summed E-state index contributed by atoms with van der Waals surface area (Å²) in [6.45, 7) is 2.96. The second-order valence-corrected chi connectivity index (χ2v) is 7.62. The standard InChI is InChI=1S/C14H17N3O2S2/c1-3-8-15-13-9-14(17-10-16-13)20-11-4-6-12(7-5-11)21(2,18)19/h4-7,9-10H,3,8H2,1-2H3,(H,15,16,17). The second-order valence-electron chi connectivity index (χ2n) is 4.51. The van der Waals surface area contributed by atoms with E-state index in [4.69, 9.17) is 0 Å². The summed E-state index contributed by atoms with van der Waals surface area (Å²) >= 11 is 1.47. The summed E-state index contributed by atoms with van der Waals surface area (Å²) in [4.78, 5) is 9.61. The van der Waals surface area contributed by atoms with Crippen molar-refractivity contribution in [3.05, 3.63) is 36.7 Å². The molecule has 5 nitrogen and oxygen atoms in total. The predicted octanol–water partition coefficient (Wildman–Crippen LogP) is 2.85. The maximum Gasteiger partial charge on any atom is 0.175 e. The monoisotopic (exact) mass is 323 g/mol. The summed E-state index contributed by atoms with van der Waals surface area (Å²) in [5, 5.41) is 4.02. The van der Waals surface area contributed by atoms with Crippen molar-refractivity contribution in [2.24, 2.45) is 0 Å². The lowest BCUT2D eigenvalue weighted by Crippen LogP contribution is -2.02. The molecule has 0 spiro atoms. The van der Waals surface area contributed by atoms with Crippen LogP contribution in [0.25, 0.3) is 0 Å². The minimum atomic E-state index is -3.15. The normalized spacial score (nSPS) is 11.3. The third kappa shape index (κ3) is 4.71. The molecule has 0 aliphatic heterocycles. The number of nitrogens with zero attached hydrogens (tertiary/aromatic N) is 2. The molecule has 0 aliphatic carbocycles. The number of sulfone groups is 1. The Morgan fingerprint density at radius 2 is 1.90 bits per heavy atom. The molecule has 0 fully saturated rings. The third-order valence-electron chi connectivity index (χ3n) is 2.67. The average Bonchev–Trinajstić information content (AvgIpc) is 2.45. The van der Waals surface area contributed by atoms with Crippen LogP contribution in [0.1, 0.15) is 13.3 Å². The van der Waals surface area contributed by atoms with Gasteiger partial charge in [-0.25, -0.2) is 18.4 Å². The molecule has 0 amide bonds. The van der Waals surface area contributed by atoms with Crippen molar-refractivity contribution in [2.45, 2.75) is 28.2 Å². The summed E-state index contributed by atoms with van der Waals surface area (Å²) in [5.41, 5.74) is 0. The van der Waals surface area contributed by atoms with Crippen LogP contribution in [0, 0.1) is 0 Å². The molecule has 2 rings (SSSR count). The Hall–Kier alpha value is -1.60. The van der Waals surface area contributed by atoms with Gasteiger partial charge in [0.1, 0.15) is 17.2 Å². The van der Waals surface area contributed by atoms with Crippen molar-refractivity contribution < 1.29 is 8.42 Å². The fourth-order valence-corrected chi connectivity index (χ4v) is 3.04. The lowest BCUT2D eigenvalue weighted by molar-refractivity contribution is 0.602. The van der Waals surface area contributed by atoms with Gasteiger partial charge in [-0.05, 0) is 30.7 Å². The SMILES string of the molecule is CCCNc1cc(Sc2ccc(S(C)(=O)=O)cc2)ncn1. The van der Waals surface area contributed by atoms with E-state index in [0.717, 1.165) is 28.7 Å². The second kappa shape index (κ2) is 6.91. The van der Waals surface area contributed by atoms with Gasteiger partial charge in [-0.1, -0.05) is 18.7 Å². The Labute approximate surface area is 129 Å². The first-order valence-electron chi connectivity index (χ1n) is 6.53. The Morgan fingerprint density at radius 3 is 2.52 bits per heavy atom. The minimum Gasteiger partial charge on any atom is -0.370 e. The number of hydrogen-bond donors (Lipinski definition) is 1. The Kier molecular flexibility index (Phi) is 5.19. The van der Waals surface area contributed by atoms with Crippen LogP contribution in [0.2, 0.25) is 0 Å². The van der Waals surface area contributed by atoms with E-state index in [-0.39, 0.29) is 0 Å². The van der Waals surface area contributed by atoms with Gasteiger partial charge >= 0.3 is 0 Å². The van der Waals surface area contributed by atoms with Crippen LogP contribution in [0.15, 0.2) is 51.5 Å². The van der Waals surface area contributed by atoms with Crippen LogP contribution in [0.5, 0.6) is 0 Å². The Balaban J connectivity index is 2.11. The molecule has 112 valence electrons. The summed E-state index contributed by atoms with van der Waals surface area (Å²) in [5.74, 6) is 0.794. The van der Waals surface area contributed by atoms with Gasteiger partial charge in [0.05, 0.1) is 4.90 Å². The summed E-state index contributed by atoms with van der Waals surface area (Å²) in [6.07, 6.45) is 3.75. The number of nitrogens with one attached hydrogen (secondary N) is 1. The van der Waals surface area contributed by atoms with Crippen LogP contribution < -0.4 is 5.32 Å². The van der Waals surface area contributed by atoms with Crippen molar-refractivity contribution in [1.82, 2.24) is 9.97 Å². The van der Waals surface area contributed by atoms with Crippen LogP contribution in [-0.4, -0.2) is 31.2 Å². The molecule has 1 aromatic carbocycles. The summed E-state index contributed by atoms with van der Waals surface area (Å²) < 4.78 is 22.8. The highest BCUT2D eigenvalue weighted by atomic mass is 32.2. The van der Waals surface area contributed by atoms with E-state index >= 15 is 0 Å². The number of aromatic nitrogens is 2.